The van der Waals surface area contributed by atoms with Gasteiger partial charge < -0.3 is 10.1 Å². The first-order chi connectivity index (χ1) is 16.2. The number of rotatable bonds is 7. The Morgan fingerprint density at radius 2 is 1.94 bits per heavy atom. The standard InChI is InChI=1S/C23H19BrCl2FN5O2/c1-13-22(14(2)32(29-13)11-15-3-5-17(27)10-19(15)26)28-23(33)20-7-8-31(30-20)12-34-21-6-4-16(25)9-18(21)24/h3-10H,11-12H2,1-2H3,(H,28,33). The minimum atomic E-state index is -0.402. The van der Waals surface area contributed by atoms with Gasteiger partial charge >= 0.3 is 0 Å². The van der Waals surface area contributed by atoms with Crippen molar-refractivity contribution in [2.45, 2.75) is 27.1 Å². The molecule has 0 radical (unpaired) electrons. The lowest BCUT2D eigenvalue weighted by Crippen LogP contribution is -2.15. The largest absolute Gasteiger partial charge is 0.470 e. The van der Waals surface area contributed by atoms with E-state index in [2.05, 4.69) is 31.4 Å². The zero-order valence-electron chi connectivity index (χ0n) is 18.2. The molecule has 0 fully saturated rings. The minimum absolute atomic E-state index is 0.113. The topological polar surface area (TPSA) is 74.0 Å². The van der Waals surface area contributed by atoms with E-state index >= 15 is 0 Å². The molecule has 0 saturated carbocycles. The fraction of sp³-hybridized carbons (Fsp3) is 0.174. The predicted molar refractivity (Wildman–Crippen MR) is 132 cm³/mol. The van der Waals surface area contributed by atoms with Gasteiger partial charge in [-0.15, -0.1) is 0 Å². The molecule has 1 N–H and O–H groups in total. The molecule has 0 aliphatic carbocycles. The summed E-state index contributed by atoms with van der Waals surface area (Å²) in [5.41, 5.74) is 2.91. The number of hydrogen-bond donors (Lipinski definition) is 1. The third-order valence-corrected chi connectivity index (χ3v) is 6.28. The number of carbonyl (C=O) groups excluding carboxylic acids is 1. The van der Waals surface area contributed by atoms with Gasteiger partial charge in [-0.1, -0.05) is 29.3 Å². The van der Waals surface area contributed by atoms with Gasteiger partial charge in [0.1, 0.15) is 11.6 Å². The average Bonchev–Trinajstić information content (AvgIpc) is 3.35. The summed E-state index contributed by atoms with van der Waals surface area (Å²) in [6.07, 6.45) is 1.65. The predicted octanol–water partition coefficient (Wildman–Crippen LogP) is 6.24. The van der Waals surface area contributed by atoms with E-state index in [9.17, 15) is 9.18 Å². The van der Waals surface area contributed by atoms with Gasteiger partial charge in [0, 0.05) is 16.2 Å². The number of hydrogen-bond acceptors (Lipinski definition) is 4. The molecule has 0 aliphatic rings. The van der Waals surface area contributed by atoms with Crippen LogP contribution in [-0.2, 0) is 13.3 Å². The van der Waals surface area contributed by atoms with E-state index in [1.165, 1.54) is 16.8 Å². The van der Waals surface area contributed by atoms with Gasteiger partial charge in [-0.25, -0.2) is 9.07 Å². The van der Waals surface area contributed by atoms with Gasteiger partial charge in [0.05, 0.1) is 28.1 Å². The maximum absolute atomic E-state index is 13.3. The summed E-state index contributed by atoms with van der Waals surface area (Å²) in [6, 6.07) is 11.0. The molecular weight excluding hydrogens is 548 g/mol. The molecule has 0 spiro atoms. The zero-order valence-corrected chi connectivity index (χ0v) is 21.2. The Kier molecular flexibility index (Phi) is 7.25. The van der Waals surface area contributed by atoms with E-state index in [4.69, 9.17) is 27.9 Å². The van der Waals surface area contributed by atoms with Crippen LogP contribution in [0.5, 0.6) is 5.75 Å². The first-order valence-corrected chi connectivity index (χ1v) is 11.7. The molecule has 2 heterocycles. The highest BCUT2D eigenvalue weighted by molar-refractivity contribution is 9.10. The van der Waals surface area contributed by atoms with E-state index in [1.807, 2.05) is 6.92 Å². The highest BCUT2D eigenvalue weighted by Gasteiger charge is 2.18. The molecule has 0 saturated heterocycles. The van der Waals surface area contributed by atoms with E-state index in [-0.39, 0.29) is 18.3 Å². The summed E-state index contributed by atoms with van der Waals surface area (Å²) in [4.78, 5) is 12.8. The summed E-state index contributed by atoms with van der Waals surface area (Å²) in [5, 5.41) is 12.5. The lowest BCUT2D eigenvalue weighted by atomic mass is 10.2. The van der Waals surface area contributed by atoms with Crippen LogP contribution in [0.25, 0.3) is 0 Å². The van der Waals surface area contributed by atoms with Gasteiger partial charge in [-0.2, -0.15) is 10.2 Å². The van der Waals surface area contributed by atoms with Crippen LogP contribution in [0.15, 0.2) is 53.1 Å². The number of carbonyl (C=O) groups is 1. The second-order valence-corrected chi connectivity index (χ2v) is 9.18. The molecule has 4 aromatic rings. The highest BCUT2D eigenvalue weighted by Crippen LogP contribution is 2.28. The van der Waals surface area contributed by atoms with Crippen molar-refractivity contribution in [2.24, 2.45) is 0 Å². The van der Waals surface area contributed by atoms with Crippen molar-refractivity contribution in [1.82, 2.24) is 19.6 Å². The highest BCUT2D eigenvalue weighted by atomic mass is 79.9. The molecule has 2 aromatic carbocycles. The van der Waals surface area contributed by atoms with Crippen molar-refractivity contribution in [3.05, 3.63) is 91.6 Å². The average molecular weight is 567 g/mol. The first-order valence-electron chi connectivity index (χ1n) is 10.1. The smallest absolute Gasteiger partial charge is 0.276 e. The molecule has 34 heavy (non-hydrogen) atoms. The number of ether oxygens (including phenoxy) is 1. The van der Waals surface area contributed by atoms with Gasteiger partial charge in [0.15, 0.2) is 12.4 Å². The van der Waals surface area contributed by atoms with E-state index in [1.54, 1.807) is 48.1 Å². The van der Waals surface area contributed by atoms with Crippen LogP contribution in [0.2, 0.25) is 10.0 Å². The molecule has 0 atom stereocenters. The Bertz CT molecular complexity index is 1370. The van der Waals surface area contributed by atoms with E-state index in [0.717, 1.165) is 15.7 Å². The Labute approximate surface area is 213 Å². The van der Waals surface area contributed by atoms with Crippen molar-refractivity contribution in [3.8, 4) is 5.75 Å². The first kappa shape index (κ1) is 24.3. The maximum atomic E-state index is 13.3. The van der Waals surface area contributed by atoms with Crippen LogP contribution in [0.3, 0.4) is 0 Å². The molecule has 7 nitrogen and oxygen atoms in total. The Morgan fingerprint density at radius 1 is 1.15 bits per heavy atom. The molecule has 2 aromatic heterocycles. The molecule has 4 rings (SSSR count). The molecule has 1 amide bonds. The SMILES string of the molecule is Cc1nn(Cc2ccc(F)cc2Cl)c(C)c1NC(=O)c1ccn(COc2ccc(Cl)cc2Br)n1. The summed E-state index contributed by atoms with van der Waals surface area (Å²) in [6.45, 7) is 4.08. The Balaban J connectivity index is 1.43. The van der Waals surface area contributed by atoms with Crippen LogP contribution >= 0.6 is 39.1 Å². The summed E-state index contributed by atoms with van der Waals surface area (Å²) in [5.74, 6) is -0.177. The lowest BCUT2D eigenvalue weighted by molar-refractivity contribution is 0.102. The molecular formula is C23H19BrCl2FN5O2. The second-order valence-electron chi connectivity index (χ2n) is 7.48. The van der Waals surface area contributed by atoms with E-state index in [0.29, 0.717) is 33.7 Å². The van der Waals surface area contributed by atoms with Crippen LogP contribution in [0.1, 0.15) is 27.4 Å². The van der Waals surface area contributed by atoms with Gasteiger partial charge in [-0.05, 0) is 71.7 Å². The van der Waals surface area contributed by atoms with Crippen molar-refractivity contribution >= 4 is 50.7 Å². The third-order valence-electron chi connectivity index (χ3n) is 5.07. The molecule has 11 heteroatoms. The fourth-order valence-electron chi connectivity index (χ4n) is 3.30. The number of nitrogens with one attached hydrogen (secondary N) is 1. The molecule has 176 valence electrons. The molecule has 0 aliphatic heterocycles. The minimum Gasteiger partial charge on any atom is -0.470 e. The van der Waals surface area contributed by atoms with Crippen LogP contribution in [-0.4, -0.2) is 25.5 Å². The van der Waals surface area contributed by atoms with Gasteiger partial charge in [-0.3, -0.25) is 9.48 Å². The van der Waals surface area contributed by atoms with Crippen molar-refractivity contribution in [3.63, 3.8) is 0 Å². The Morgan fingerprint density at radius 3 is 2.68 bits per heavy atom. The summed E-state index contributed by atoms with van der Waals surface area (Å²) < 4.78 is 23.0. The third kappa shape index (κ3) is 5.43. The summed E-state index contributed by atoms with van der Waals surface area (Å²) >= 11 is 15.5. The number of amides is 1. The second kappa shape index (κ2) is 10.2. The molecule has 0 bridgehead atoms. The number of anilines is 1. The van der Waals surface area contributed by atoms with Crippen molar-refractivity contribution in [2.75, 3.05) is 5.32 Å². The van der Waals surface area contributed by atoms with Gasteiger partial charge in [0.2, 0.25) is 0 Å². The summed E-state index contributed by atoms with van der Waals surface area (Å²) in [7, 11) is 0. The lowest BCUT2D eigenvalue weighted by Gasteiger charge is -2.09. The normalized spacial score (nSPS) is 11.0. The number of aryl methyl sites for hydroxylation is 1. The number of halogens is 4. The maximum Gasteiger partial charge on any atom is 0.276 e. The van der Waals surface area contributed by atoms with Crippen LogP contribution in [0, 0.1) is 19.7 Å². The fourth-order valence-corrected chi connectivity index (χ4v) is 4.33. The van der Waals surface area contributed by atoms with E-state index < -0.39 is 5.82 Å². The Hall–Kier alpha value is -2.88. The quantitative estimate of drug-likeness (QED) is 0.287. The van der Waals surface area contributed by atoms with Crippen molar-refractivity contribution in [1.29, 1.82) is 0 Å². The van der Waals surface area contributed by atoms with Crippen molar-refractivity contribution < 1.29 is 13.9 Å². The number of benzene rings is 2. The number of aromatic nitrogens is 4. The van der Waals surface area contributed by atoms with Crippen LogP contribution in [0.4, 0.5) is 10.1 Å². The molecule has 0 unspecified atom stereocenters. The number of nitrogens with zero attached hydrogens (tertiary/aromatic N) is 4. The monoisotopic (exact) mass is 565 g/mol. The zero-order chi connectivity index (χ0) is 24.4. The van der Waals surface area contributed by atoms with Gasteiger partial charge in [0.25, 0.3) is 5.91 Å². The van der Waals surface area contributed by atoms with Crippen LogP contribution < -0.4 is 10.1 Å².